The molecule has 0 saturated heterocycles. The predicted octanol–water partition coefficient (Wildman–Crippen LogP) is 3.85. The van der Waals surface area contributed by atoms with Crippen molar-refractivity contribution >= 4 is 40.1 Å². The van der Waals surface area contributed by atoms with Gasteiger partial charge in [-0.05, 0) is 38.8 Å². The molecule has 1 amide bonds. The van der Waals surface area contributed by atoms with Crippen molar-refractivity contribution < 1.29 is 4.79 Å². The van der Waals surface area contributed by atoms with Crippen molar-refractivity contribution in [3.8, 4) is 0 Å². The number of hydrogen-bond donors (Lipinski definition) is 2. The van der Waals surface area contributed by atoms with Gasteiger partial charge in [0.25, 0.3) is 0 Å². The molecule has 5 rings (SSSR count). The van der Waals surface area contributed by atoms with Crippen LogP contribution in [-0.2, 0) is 4.79 Å². The molecule has 3 heterocycles. The average molecular weight is 406 g/mol. The van der Waals surface area contributed by atoms with Gasteiger partial charge in [-0.25, -0.2) is 9.97 Å². The summed E-state index contributed by atoms with van der Waals surface area (Å²) in [5.74, 6) is 1.43. The lowest BCUT2D eigenvalue weighted by atomic mass is 9.91. The Kier molecular flexibility index (Phi) is 4.38. The van der Waals surface area contributed by atoms with Gasteiger partial charge in [0.2, 0.25) is 11.9 Å². The van der Waals surface area contributed by atoms with Gasteiger partial charge < -0.3 is 20.1 Å². The molecule has 1 saturated carbocycles. The molecule has 0 unspecified atom stereocenters. The second kappa shape index (κ2) is 6.97. The van der Waals surface area contributed by atoms with E-state index in [4.69, 9.17) is 4.98 Å². The van der Waals surface area contributed by atoms with Gasteiger partial charge in [-0.2, -0.15) is 4.98 Å². The number of anilines is 4. The first-order valence-corrected chi connectivity index (χ1v) is 10.5. The summed E-state index contributed by atoms with van der Waals surface area (Å²) in [4.78, 5) is 34.1. The molecule has 156 valence electrons. The molecule has 2 N–H and O–H groups in total. The molecule has 8 heteroatoms. The van der Waals surface area contributed by atoms with E-state index in [1.54, 1.807) is 17.4 Å². The molecule has 1 aliphatic heterocycles. The van der Waals surface area contributed by atoms with E-state index in [1.807, 2.05) is 39.1 Å². The summed E-state index contributed by atoms with van der Waals surface area (Å²) in [5.41, 5.74) is 2.92. The van der Waals surface area contributed by atoms with Gasteiger partial charge in [0.15, 0.2) is 5.82 Å². The predicted molar refractivity (Wildman–Crippen MR) is 118 cm³/mol. The number of rotatable bonds is 3. The summed E-state index contributed by atoms with van der Waals surface area (Å²) in [6.45, 7) is 4.69. The van der Waals surface area contributed by atoms with E-state index in [-0.39, 0.29) is 5.91 Å². The van der Waals surface area contributed by atoms with Crippen molar-refractivity contribution in [3.05, 3.63) is 30.7 Å². The van der Waals surface area contributed by atoms with Crippen molar-refractivity contribution in [2.24, 2.45) is 5.41 Å². The molecule has 0 radical (unpaired) electrons. The molecule has 3 aromatic rings. The molecule has 0 atom stereocenters. The monoisotopic (exact) mass is 405 g/mol. The number of aromatic nitrogens is 4. The minimum atomic E-state index is -0.494. The fraction of sp³-hybridized carbons (Fsp3) is 0.455. The van der Waals surface area contributed by atoms with Crippen LogP contribution in [0.15, 0.2) is 30.7 Å². The first-order valence-electron chi connectivity index (χ1n) is 10.5. The molecule has 8 nitrogen and oxygen atoms in total. The van der Waals surface area contributed by atoms with Crippen molar-refractivity contribution in [3.63, 3.8) is 0 Å². The summed E-state index contributed by atoms with van der Waals surface area (Å²) in [7, 11) is 1.82. The Labute approximate surface area is 175 Å². The summed E-state index contributed by atoms with van der Waals surface area (Å²) >= 11 is 0. The Morgan fingerprint density at radius 1 is 1.20 bits per heavy atom. The van der Waals surface area contributed by atoms with Crippen LogP contribution in [0.25, 0.3) is 11.0 Å². The molecular weight excluding hydrogens is 378 g/mol. The Balaban J connectivity index is 1.58. The topological polar surface area (TPSA) is 90.0 Å². The number of aromatic amines is 1. The lowest BCUT2D eigenvalue weighted by Crippen LogP contribution is -2.45. The highest BCUT2D eigenvalue weighted by atomic mass is 16.2. The number of imidazole rings is 1. The molecule has 0 spiro atoms. The molecule has 2 aromatic heterocycles. The summed E-state index contributed by atoms with van der Waals surface area (Å²) in [6, 6.07) is 6.31. The molecule has 1 aromatic carbocycles. The lowest BCUT2D eigenvalue weighted by molar-refractivity contribution is -0.125. The third kappa shape index (κ3) is 3.07. The standard InChI is InChI=1S/C22H27N7O/c1-22(2)12-29(14-7-4-5-8-14)19-17(28(3)20(22)30)11-23-21(27-19)26-16-10-6-9-15-18(16)25-13-24-15/h6,9-11,13-14H,4-5,7-8,12H2,1-3H3,(H,24,25)(H,23,26,27). The average Bonchev–Trinajstić information content (AvgIpc) is 3.42. The highest BCUT2D eigenvalue weighted by molar-refractivity contribution is 6.01. The van der Waals surface area contributed by atoms with Gasteiger partial charge in [-0.15, -0.1) is 0 Å². The number of hydrogen-bond acceptors (Lipinski definition) is 6. The highest BCUT2D eigenvalue weighted by Gasteiger charge is 2.41. The zero-order chi connectivity index (χ0) is 20.9. The smallest absolute Gasteiger partial charge is 0.234 e. The van der Waals surface area contributed by atoms with Crippen molar-refractivity contribution in [1.29, 1.82) is 0 Å². The van der Waals surface area contributed by atoms with E-state index in [1.165, 1.54) is 12.8 Å². The highest BCUT2D eigenvalue weighted by Crippen LogP contribution is 2.40. The number of fused-ring (bicyclic) bond motifs is 2. The van der Waals surface area contributed by atoms with E-state index < -0.39 is 5.41 Å². The van der Waals surface area contributed by atoms with Crippen LogP contribution in [0.4, 0.5) is 23.1 Å². The zero-order valence-corrected chi connectivity index (χ0v) is 17.6. The third-order valence-corrected chi connectivity index (χ3v) is 6.29. The van der Waals surface area contributed by atoms with E-state index in [2.05, 4.69) is 25.2 Å². The first-order chi connectivity index (χ1) is 14.4. The van der Waals surface area contributed by atoms with Gasteiger partial charge in [-0.1, -0.05) is 18.9 Å². The first kappa shape index (κ1) is 18.8. The summed E-state index contributed by atoms with van der Waals surface area (Å²) in [5, 5.41) is 3.33. The maximum Gasteiger partial charge on any atom is 0.234 e. The molecule has 1 fully saturated rings. The van der Waals surface area contributed by atoms with Gasteiger partial charge in [0, 0.05) is 19.6 Å². The number of amides is 1. The van der Waals surface area contributed by atoms with E-state index in [0.717, 1.165) is 41.1 Å². The normalized spacial score (nSPS) is 19.2. The number of nitrogens with zero attached hydrogens (tertiary/aromatic N) is 5. The third-order valence-electron chi connectivity index (χ3n) is 6.29. The minimum absolute atomic E-state index is 0.0925. The summed E-state index contributed by atoms with van der Waals surface area (Å²) in [6.07, 6.45) is 8.14. The molecule has 0 bridgehead atoms. The number of para-hydroxylation sites is 1. The second-order valence-corrected chi connectivity index (χ2v) is 8.95. The van der Waals surface area contributed by atoms with Crippen LogP contribution in [0.3, 0.4) is 0 Å². The number of benzene rings is 1. The fourth-order valence-corrected chi connectivity index (χ4v) is 4.71. The lowest BCUT2D eigenvalue weighted by Gasteiger charge is -2.34. The number of nitrogens with one attached hydrogen (secondary N) is 2. The van der Waals surface area contributed by atoms with E-state index in [9.17, 15) is 4.79 Å². The van der Waals surface area contributed by atoms with Crippen LogP contribution in [-0.4, -0.2) is 45.5 Å². The van der Waals surface area contributed by atoms with Crippen LogP contribution in [0.5, 0.6) is 0 Å². The minimum Gasteiger partial charge on any atom is -0.351 e. The maximum atomic E-state index is 13.1. The van der Waals surface area contributed by atoms with E-state index >= 15 is 0 Å². The number of H-pyrrole nitrogens is 1. The molecule has 2 aliphatic rings. The Bertz CT molecular complexity index is 1100. The largest absolute Gasteiger partial charge is 0.351 e. The summed E-state index contributed by atoms with van der Waals surface area (Å²) < 4.78 is 0. The number of carbonyl (C=O) groups excluding carboxylic acids is 1. The molecular formula is C22H27N7O. The van der Waals surface area contributed by atoms with Gasteiger partial charge in [0.1, 0.15) is 11.2 Å². The van der Waals surface area contributed by atoms with Crippen LogP contribution in [0.2, 0.25) is 0 Å². The van der Waals surface area contributed by atoms with E-state index in [0.29, 0.717) is 18.5 Å². The van der Waals surface area contributed by atoms with Crippen LogP contribution in [0, 0.1) is 5.41 Å². The van der Waals surface area contributed by atoms with Crippen molar-refractivity contribution in [2.45, 2.75) is 45.6 Å². The SMILES string of the molecule is CN1C(=O)C(C)(C)CN(C2CCCC2)c2nc(Nc3cccc4[nH]cnc34)ncc21. The van der Waals surface area contributed by atoms with Gasteiger partial charge in [0.05, 0.1) is 29.1 Å². The maximum absolute atomic E-state index is 13.1. The van der Waals surface area contributed by atoms with Gasteiger partial charge in [-0.3, -0.25) is 4.79 Å². The fourth-order valence-electron chi connectivity index (χ4n) is 4.71. The molecule has 30 heavy (non-hydrogen) atoms. The van der Waals surface area contributed by atoms with Crippen LogP contribution in [0.1, 0.15) is 39.5 Å². The van der Waals surface area contributed by atoms with Crippen LogP contribution >= 0.6 is 0 Å². The van der Waals surface area contributed by atoms with Gasteiger partial charge >= 0.3 is 0 Å². The molecule has 1 aliphatic carbocycles. The zero-order valence-electron chi connectivity index (χ0n) is 17.6. The Morgan fingerprint density at radius 2 is 2.00 bits per heavy atom. The van der Waals surface area contributed by atoms with Crippen molar-refractivity contribution in [2.75, 3.05) is 28.7 Å². The quantitative estimate of drug-likeness (QED) is 0.688. The second-order valence-electron chi connectivity index (χ2n) is 8.95. The van der Waals surface area contributed by atoms with Crippen LogP contribution < -0.4 is 15.1 Å². The van der Waals surface area contributed by atoms with Crippen molar-refractivity contribution in [1.82, 2.24) is 19.9 Å². The Hall–Kier alpha value is -3.16. The Morgan fingerprint density at radius 3 is 2.80 bits per heavy atom. The number of carbonyl (C=O) groups is 1.